The van der Waals surface area contributed by atoms with E-state index in [9.17, 15) is 5.11 Å². The van der Waals surface area contributed by atoms with Crippen LogP contribution in [0.25, 0.3) is 0 Å². The van der Waals surface area contributed by atoms with Gasteiger partial charge in [-0.15, -0.1) is 0 Å². The van der Waals surface area contributed by atoms with Crippen LogP contribution >= 0.6 is 0 Å². The average molecular weight is 442 g/mol. The minimum Gasteiger partial charge on any atom is -0.508 e. The normalized spacial score (nSPS) is 15.7. The second-order valence-corrected chi connectivity index (χ2v) is 8.10. The van der Waals surface area contributed by atoms with E-state index < -0.39 is 0 Å². The highest BCUT2D eigenvalue weighted by molar-refractivity contribution is 6.04. The summed E-state index contributed by atoms with van der Waals surface area (Å²) in [7, 11) is 0. The predicted molar refractivity (Wildman–Crippen MR) is 131 cm³/mol. The molecule has 11 N–H and O–H groups in total. The molecule has 10 nitrogen and oxygen atoms in total. The third-order valence-electron chi connectivity index (χ3n) is 4.73. The van der Waals surface area contributed by atoms with Crippen LogP contribution in [0.3, 0.4) is 0 Å². The third kappa shape index (κ3) is 7.80. The van der Waals surface area contributed by atoms with Crippen LogP contribution in [0.5, 0.6) is 5.75 Å². The Hall–Kier alpha value is -3.21. The molecule has 10 heteroatoms. The standard InChI is InChI=1S/C19H26N8O.C3H9N/c20-11-25-19(26-15-7-13(18(22)23)8-16(28)9-15)17-12(1-4-24-17)10-27-5-2-14(21)3-6-27;1-3(2)4/h1,4,7-9,11,14,24,28H,2-3,5-6,10,21H2,(H3,22,23)(H2,20,25,26);3H,4H2,1-2H3. The van der Waals surface area contributed by atoms with Gasteiger partial charge in [0.2, 0.25) is 0 Å². The van der Waals surface area contributed by atoms with E-state index in [0.29, 0.717) is 23.1 Å². The summed E-state index contributed by atoms with van der Waals surface area (Å²) in [5, 5.41) is 17.5. The second kappa shape index (κ2) is 12.0. The molecule has 2 aromatic rings. The molecule has 0 unspecified atom stereocenters. The molecular formula is C22H35N9O. The quantitative estimate of drug-likeness (QED) is 0.270. The number of nitrogens with zero attached hydrogens (tertiary/aromatic N) is 3. The number of phenolic OH excluding ortho intramolecular Hbond substituents is 1. The summed E-state index contributed by atoms with van der Waals surface area (Å²) in [6.07, 6.45) is 4.99. The van der Waals surface area contributed by atoms with Gasteiger partial charge in [0.25, 0.3) is 0 Å². The van der Waals surface area contributed by atoms with E-state index in [2.05, 4.69) is 19.9 Å². The van der Waals surface area contributed by atoms with E-state index in [0.717, 1.165) is 43.7 Å². The summed E-state index contributed by atoms with van der Waals surface area (Å²) in [5.41, 5.74) is 24.8. The van der Waals surface area contributed by atoms with Gasteiger partial charge in [-0.1, -0.05) is 13.8 Å². The Bertz CT molecular complexity index is 938. The maximum atomic E-state index is 9.90. The van der Waals surface area contributed by atoms with Crippen molar-refractivity contribution in [1.29, 1.82) is 5.41 Å². The number of nitrogen functional groups attached to an aromatic ring is 1. The Morgan fingerprint density at radius 2 is 1.97 bits per heavy atom. The molecule has 1 aromatic carbocycles. The monoisotopic (exact) mass is 441 g/mol. The fourth-order valence-corrected chi connectivity index (χ4v) is 3.25. The number of aromatic hydroxyl groups is 1. The number of piperidine rings is 1. The highest BCUT2D eigenvalue weighted by Crippen LogP contribution is 2.24. The number of nitrogens with one attached hydrogen (secondary N) is 2. The molecule has 0 atom stereocenters. The van der Waals surface area contributed by atoms with Crippen LogP contribution in [0.4, 0.5) is 5.69 Å². The van der Waals surface area contributed by atoms with Crippen molar-refractivity contribution in [2.45, 2.75) is 45.3 Å². The maximum absolute atomic E-state index is 9.90. The number of H-pyrrole nitrogens is 1. The van der Waals surface area contributed by atoms with Gasteiger partial charge in [-0.05, 0) is 55.7 Å². The lowest BCUT2D eigenvalue weighted by Gasteiger charge is -2.30. The Morgan fingerprint density at radius 3 is 2.56 bits per heavy atom. The van der Waals surface area contributed by atoms with Crippen LogP contribution < -0.4 is 22.9 Å². The van der Waals surface area contributed by atoms with E-state index in [-0.39, 0.29) is 17.6 Å². The van der Waals surface area contributed by atoms with Crippen molar-refractivity contribution in [3.05, 3.63) is 47.3 Å². The summed E-state index contributed by atoms with van der Waals surface area (Å²) in [6.45, 7) is 6.54. The van der Waals surface area contributed by atoms with Crippen molar-refractivity contribution < 1.29 is 5.11 Å². The van der Waals surface area contributed by atoms with Crippen LogP contribution in [0.1, 0.15) is 43.5 Å². The summed E-state index contributed by atoms with van der Waals surface area (Å²) in [5.74, 6) is 0.204. The molecule has 3 rings (SSSR count). The number of rotatable bonds is 5. The molecule has 0 aliphatic carbocycles. The first-order chi connectivity index (χ1) is 15.2. The zero-order chi connectivity index (χ0) is 23.7. The SMILES string of the molecule is CC(C)N.N=C(N)c1cc(O)cc(N=C(N=CN)c2[nH]ccc2CN2CCC(N)CC2)c1. The minimum absolute atomic E-state index is 0.0288. The number of hydrogen-bond acceptors (Lipinski definition) is 6. The van der Waals surface area contributed by atoms with E-state index >= 15 is 0 Å². The number of likely N-dealkylation sites (tertiary alicyclic amines) is 1. The third-order valence-corrected chi connectivity index (χ3v) is 4.73. The first-order valence-corrected chi connectivity index (χ1v) is 10.6. The molecule has 1 aromatic heterocycles. The second-order valence-electron chi connectivity index (χ2n) is 8.10. The van der Waals surface area contributed by atoms with Crippen molar-refractivity contribution in [2.75, 3.05) is 13.1 Å². The molecule has 32 heavy (non-hydrogen) atoms. The number of aliphatic imine (C=N–C) groups is 2. The zero-order valence-electron chi connectivity index (χ0n) is 18.8. The van der Waals surface area contributed by atoms with Gasteiger partial charge in [0.15, 0.2) is 5.84 Å². The molecule has 1 aliphatic heterocycles. The molecule has 174 valence electrons. The molecule has 0 spiro atoms. The van der Waals surface area contributed by atoms with Gasteiger partial charge in [-0.3, -0.25) is 10.3 Å². The van der Waals surface area contributed by atoms with Crippen molar-refractivity contribution in [3.8, 4) is 5.75 Å². The number of benzene rings is 1. The average Bonchev–Trinajstić information content (AvgIpc) is 3.16. The summed E-state index contributed by atoms with van der Waals surface area (Å²) >= 11 is 0. The van der Waals surface area contributed by atoms with Crippen LogP contribution in [0.2, 0.25) is 0 Å². The van der Waals surface area contributed by atoms with E-state index in [1.165, 1.54) is 18.5 Å². The lowest BCUT2D eigenvalue weighted by molar-refractivity contribution is 0.205. The van der Waals surface area contributed by atoms with Gasteiger partial charge in [0, 0.05) is 30.4 Å². The van der Waals surface area contributed by atoms with E-state index in [4.69, 9.17) is 28.3 Å². The van der Waals surface area contributed by atoms with Crippen molar-refractivity contribution in [3.63, 3.8) is 0 Å². The van der Waals surface area contributed by atoms with Gasteiger partial charge < -0.3 is 33.0 Å². The first-order valence-electron chi connectivity index (χ1n) is 10.6. The van der Waals surface area contributed by atoms with Crippen molar-refractivity contribution in [1.82, 2.24) is 9.88 Å². The minimum atomic E-state index is -0.153. The Morgan fingerprint density at radius 1 is 1.31 bits per heavy atom. The number of nitrogens with two attached hydrogens (primary N) is 4. The lowest BCUT2D eigenvalue weighted by atomic mass is 10.1. The Kier molecular flexibility index (Phi) is 9.39. The highest BCUT2D eigenvalue weighted by atomic mass is 16.3. The van der Waals surface area contributed by atoms with Crippen LogP contribution in [0, 0.1) is 5.41 Å². The largest absolute Gasteiger partial charge is 0.508 e. The smallest absolute Gasteiger partial charge is 0.178 e. The van der Waals surface area contributed by atoms with Crippen LogP contribution in [0.15, 0.2) is 40.4 Å². The van der Waals surface area contributed by atoms with E-state index in [1.807, 2.05) is 26.1 Å². The number of amidine groups is 2. The van der Waals surface area contributed by atoms with Gasteiger partial charge in [-0.25, -0.2) is 9.98 Å². The topological polar surface area (TPSA) is 192 Å². The molecule has 1 saturated heterocycles. The summed E-state index contributed by atoms with van der Waals surface area (Å²) in [6, 6.07) is 7.11. The van der Waals surface area contributed by atoms with Gasteiger partial charge in [0.05, 0.1) is 17.7 Å². The van der Waals surface area contributed by atoms with Crippen LogP contribution in [-0.4, -0.2) is 58.2 Å². The fourth-order valence-electron chi connectivity index (χ4n) is 3.25. The molecule has 2 heterocycles. The van der Waals surface area contributed by atoms with Crippen molar-refractivity contribution in [2.24, 2.45) is 32.9 Å². The van der Waals surface area contributed by atoms with Crippen molar-refractivity contribution >= 4 is 23.7 Å². The molecular weight excluding hydrogens is 406 g/mol. The van der Waals surface area contributed by atoms with Gasteiger partial charge >= 0.3 is 0 Å². The molecule has 1 aliphatic rings. The molecule has 0 amide bonds. The summed E-state index contributed by atoms with van der Waals surface area (Å²) in [4.78, 5) is 14.2. The Balaban J connectivity index is 0.000000837. The molecule has 0 saturated carbocycles. The van der Waals surface area contributed by atoms with E-state index in [1.54, 1.807) is 6.07 Å². The summed E-state index contributed by atoms with van der Waals surface area (Å²) < 4.78 is 0. The lowest BCUT2D eigenvalue weighted by Crippen LogP contribution is -2.39. The van der Waals surface area contributed by atoms with Crippen LogP contribution in [-0.2, 0) is 6.54 Å². The fraction of sp³-hybridized carbons (Fsp3) is 0.409. The molecule has 0 radical (unpaired) electrons. The predicted octanol–water partition coefficient (Wildman–Crippen LogP) is 1.35. The number of aromatic amines is 1. The number of hydrogen-bond donors (Lipinski definition) is 7. The zero-order valence-corrected chi connectivity index (χ0v) is 18.8. The molecule has 1 fully saturated rings. The first kappa shape index (κ1) is 25.1. The number of phenols is 1. The van der Waals surface area contributed by atoms with Gasteiger partial charge in [0.1, 0.15) is 11.6 Å². The number of aromatic nitrogens is 1. The maximum Gasteiger partial charge on any atom is 0.178 e. The highest BCUT2D eigenvalue weighted by Gasteiger charge is 2.19. The molecule has 0 bridgehead atoms. The van der Waals surface area contributed by atoms with Gasteiger partial charge in [-0.2, -0.15) is 0 Å². The Labute approximate surface area is 188 Å².